The molecule has 0 radical (unpaired) electrons. The third-order valence-corrected chi connectivity index (χ3v) is 6.33. The van der Waals surface area contributed by atoms with E-state index in [1.165, 1.54) is 16.7 Å². The van der Waals surface area contributed by atoms with E-state index in [4.69, 9.17) is 4.42 Å². The van der Waals surface area contributed by atoms with Gasteiger partial charge in [-0.3, -0.25) is 0 Å². The van der Waals surface area contributed by atoms with Gasteiger partial charge in [-0.25, -0.2) is 0 Å². The Bertz CT molecular complexity index is 1540. The number of hydrogen-bond donors (Lipinski definition) is 0. The fourth-order valence-corrected chi connectivity index (χ4v) is 4.44. The second-order valence-electron chi connectivity index (χ2n) is 8.33. The van der Waals surface area contributed by atoms with Gasteiger partial charge in [0.1, 0.15) is 11.2 Å². The van der Waals surface area contributed by atoms with E-state index in [0.717, 1.165) is 38.9 Å². The van der Waals surface area contributed by atoms with Crippen LogP contribution in [-0.2, 0) is 0 Å². The van der Waals surface area contributed by atoms with Crippen LogP contribution in [0.4, 0.5) is 11.4 Å². The van der Waals surface area contributed by atoms with Gasteiger partial charge in [0.05, 0.1) is 0 Å². The average molecular weight is 426 g/mol. The minimum atomic E-state index is 0.924. The Kier molecular flexibility index (Phi) is 4.70. The Morgan fingerprint density at radius 1 is 0.455 bits per heavy atom. The molecule has 0 aliphatic heterocycles. The predicted octanol–water partition coefficient (Wildman–Crippen LogP) is 8.69. The quantitative estimate of drug-likeness (QED) is 0.281. The number of anilines is 2. The summed E-state index contributed by atoms with van der Waals surface area (Å²) in [5, 5.41) is 2.32. The monoisotopic (exact) mass is 425 g/mol. The van der Waals surface area contributed by atoms with Crippen molar-refractivity contribution in [1.82, 2.24) is 0 Å². The van der Waals surface area contributed by atoms with E-state index in [2.05, 4.69) is 115 Å². The molecule has 0 saturated heterocycles. The van der Waals surface area contributed by atoms with Crippen LogP contribution < -0.4 is 4.90 Å². The lowest BCUT2D eigenvalue weighted by atomic mass is 10.0. The van der Waals surface area contributed by atoms with Crippen LogP contribution in [-0.4, -0.2) is 7.05 Å². The zero-order valence-corrected chi connectivity index (χ0v) is 18.4. The van der Waals surface area contributed by atoms with Crippen molar-refractivity contribution in [2.24, 2.45) is 0 Å². The molecular weight excluding hydrogens is 402 g/mol. The fourth-order valence-electron chi connectivity index (χ4n) is 4.44. The molecular formula is C31H23NO. The fraction of sp³-hybridized carbons (Fsp3) is 0.0323. The van der Waals surface area contributed by atoms with Crippen LogP contribution in [0.3, 0.4) is 0 Å². The standard InChI is InChI=1S/C31H23NO/c1-32(26-16-11-23(12-17-26)22-7-3-2-4-8-22)27-18-13-24(14-19-27)25-15-20-29-28-9-5-6-10-30(28)33-31(29)21-25/h2-21H,1H3. The molecule has 0 atom stereocenters. The van der Waals surface area contributed by atoms with Crippen LogP contribution in [0.2, 0.25) is 0 Å². The lowest BCUT2D eigenvalue weighted by Gasteiger charge is -2.20. The minimum Gasteiger partial charge on any atom is -0.456 e. The van der Waals surface area contributed by atoms with Crippen LogP contribution in [0.5, 0.6) is 0 Å². The summed E-state index contributed by atoms with van der Waals surface area (Å²) < 4.78 is 6.07. The number of furan rings is 1. The molecule has 0 unspecified atom stereocenters. The first-order chi connectivity index (χ1) is 16.3. The summed E-state index contributed by atoms with van der Waals surface area (Å²) in [5.41, 5.74) is 8.95. The molecule has 0 spiro atoms. The number of rotatable bonds is 4. The maximum absolute atomic E-state index is 6.07. The highest BCUT2D eigenvalue weighted by molar-refractivity contribution is 6.05. The maximum Gasteiger partial charge on any atom is 0.136 e. The highest BCUT2D eigenvalue weighted by atomic mass is 16.3. The number of fused-ring (bicyclic) bond motifs is 3. The lowest BCUT2D eigenvalue weighted by molar-refractivity contribution is 0.669. The van der Waals surface area contributed by atoms with Gasteiger partial charge in [0.2, 0.25) is 0 Å². The summed E-state index contributed by atoms with van der Waals surface area (Å²) in [6.45, 7) is 0. The molecule has 0 amide bonds. The highest BCUT2D eigenvalue weighted by Gasteiger charge is 2.09. The second kappa shape index (κ2) is 7.99. The van der Waals surface area contributed by atoms with Crippen LogP contribution in [0, 0.1) is 0 Å². The number of para-hydroxylation sites is 1. The number of hydrogen-bond acceptors (Lipinski definition) is 2. The second-order valence-corrected chi connectivity index (χ2v) is 8.33. The van der Waals surface area contributed by atoms with E-state index in [9.17, 15) is 0 Å². The molecule has 0 fully saturated rings. The minimum absolute atomic E-state index is 0.924. The summed E-state index contributed by atoms with van der Waals surface area (Å²) in [5.74, 6) is 0. The van der Waals surface area contributed by atoms with Crippen LogP contribution >= 0.6 is 0 Å². The van der Waals surface area contributed by atoms with Crippen molar-refractivity contribution in [3.05, 3.63) is 121 Å². The zero-order valence-electron chi connectivity index (χ0n) is 18.4. The molecule has 6 aromatic rings. The third kappa shape index (κ3) is 3.56. The molecule has 6 rings (SSSR count). The first-order valence-corrected chi connectivity index (χ1v) is 11.2. The molecule has 158 valence electrons. The molecule has 2 nitrogen and oxygen atoms in total. The Labute approximate surface area is 193 Å². The van der Waals surface area contributed by atoms with Gasteiger partial charge in [-0.05, 0) is 64.7 Å². The third-order valence-electron chi connectivity index (χ3n) is 6.33. The summed E-state index contributed by atoms with van der Waals surface area (Å²) in [4.78, 5) is 2.21. The zero-order chi connectivity index (χ0) is 22.2. The van der Waals surface area contributed by atoms with Crippen LogP contribution in [0.1, 0.15) is 0 Å². The van der Waals surface area contributed by atoms with Crippen molar-refractivity contribution in [3.8, 4) is 22.3 Å². The first-order valence-electron chi connectivity index (χ1n) is 11.2. The van der Waals surface area contributed by atoms with Gasteiger partial charge in [-0.2, -0.15) is 0 Å². The molecule has 0 saturated carbocycles. The molecule has 0 bridgehead atoms. The number of benzene rings is 5. The lowest BCUT2D eigenvalue weighted by Crippen LogP contribution is -2.08. The molecule has 33 heavy (non-hydrogen) atoms. The summed E-state index contributed by atoms with van der Waals surface area (Å²) in [7, 11) is 2.10. The molecule has 2 heteroatoms. The summed E-state index contributed by atoms with van der Waals surface area (Å²) in [6, 6.07) is 42.5. The Morgan fingerprint density at radius 3 is 1.67 bits per heavy atom. The van der Waals surface area contributed by atoms with E-state index in [-0.39, 0.29) is 0 Å². The van der Waals surface area contributed by atoms with E-state index < -0.39 is 0 Å². The van der Waals surface area contributed by atoms with Gasteiger partial charge in [-0.15, -0.1) is 0 Å². The van der Waals surface area contributed by atoms with E-state index in [0.29, 0.717) is 0 Å². The predicted molar refractivity (Wildman–Crippen MR) is 139 cm³/mol. The van der Waals surface area contributed by atoms with Gasteiger partial charge >= 0.3 is 0 Å². The van der Waals surface area contributed by atoms with Gasteiger partial charge in [-0.1, -0.05) is 78.9 Å². The topological polar surface area (TPSA) is 16.4 Å². The first kappa shape index (κ1) is 19.4. The van der Waals surface area contributed by atoms with Crippen molar-refractivity contribution >= 4 is 33.3 Å². The Hall–Kier alpha value is -4.30. The normalized spacial score (nSPS) is 11.2. The molecule has 1 aromatic heterocycles. The van der Waals surface area contributed by atoms with Gasteiger partial charge in [0.25, 0.3) is 0 Å². The Balaban J connectivity index is 1.26. The number of nitrogens with zero attached hydrogens (tertiary/aromatic N) is 1. The molecule has 0 N–H and O–H groups in total. The maximum atomic E-state index is 6.07. The van der Waals surface area contributed by atoms with Crippen molar-refractivity contribution < 1.29 is 4.42 Å². The van der Waals surface area contributed by atoms with E-state index in [1.807, 2.05) is 18.2 Å². The van der Waals surface area contributed by atoms with Crippen molar-refractivity contribution in [2.75, 3.05) is 11.9 Å². The highest BCUT2D eigenvalue weighted by Crippen LogP contribution is 2.33. The van der Waals surface area contributed by atoms with Gasteiger partial charge < -0.3 is 9.32 Å². The molecule has 1 heterocycles. The molecule has 0 aliphatic carbocycles. The molecule has 0 aliphatic rings. The van der Waals surface area contributed by atoms with E-state index >= 15 is 0 Å². The smallest absolute Gasteiger partial charge is 0.136 e. The summed E-state index contributed by atoms with van der Waals surface area (Å²) in [6.07, 6.45) is 0. The van der Waals surface area contributed by atoms with Crippen molar-refractivity contribution in [2.45, 2.75) is 0 Å². The Morgan fingerprint density at radius 2 is 0.970 bits per heavy atom. The molecule has 5 aromatic carbocycles. The van der Waals surface area contributed by atoms with Crippen LogP contribution in [0.15, 0.2) is 126 Å². The SMILES string of the molecule is CN(c1ccc(-c2ccccc2)cc1)c1ccc(-c2ccc3c(c2)oc2ccccc23)cc1. The van der Waals surface area contributed by atoms with Crippen LogP contribution in [0.25, 0.3) is 44.2 Å². The largest absolute Gasteiger partial charge is 0.456 e. The van der Waals surface area contributed by atoms with Gasteiger partial charge in [0.15, 0.2) is 0 Å². The average Bonchev–Trinajstić information content (AvgIpc) is 3.27. The summed E-state index contributed by atoms with van der Waals surface area (Å²) >= 11 is 0. The van der Waals surface area contributed by atoms with Crippen molar-refractivity contribution in [1.29, 1.82) is 0 Å². The van der Waals surface area contributed by atoms with Gasteiger partial charge in [0, 0.05) is 29.2 Å². The van der Waals surface area contributed by atoms with Crippen molar-refractivity contribution in [3.63, 3.8) is 0 Å². The van der Waals surface area contributed by atoms with E-state index in [1.54, 1.807) is 0 Å².